The predicted octanol–water partition coefficient (Wildman–Crippen LogP) is 2.00. The van der Waals surface area contributed by atoms with Gasteiger partial charge in [-0.2, -0.15) is 0 Å². The average Bonchev–Trinajstić information content (AvgIpc) is 2.35. The van der Waals surface area contributed by atoms with Gasteiger partial charge in [0.1, 0.15) is 5.75 Å². The summed E-state index contributed by atoms with van der Waals surface area (Å²) in [5, 5.41) is 0. The van der Waals surface area contributed by atoms with E-state index in [0.29, 0.717) is 11.3 Å². The summed E-state index contributed by atoms with van der Waals surface area (Å²) < 4.78 is 9.73. The first-order valence-electron chi connectivity index (χ1n) is 5.04. The second-order valence-electron chi connectivity index (χ2n) is 3.51. The first-order valence-corrected chi connectivity index (χ1v) is 5.04. The van der Waals surface area contributed by atoms with E-state index in [0.717, 1.165) is 0 Å². The average molecular weight is 234 g/mol. The van der Waals surface area contributed by atoms with Crippen LogP contribution in [0.15, 0.2) is 36.4 Å². The van der Waals surface area contributed by atoms with Crippen molar-refractivity contribution in [2.75, 3.05) is 13.7 Å². The fraction of sp³-hybridized carbons (Fsp3) is 0.231. The van der Waals surface area contributed by atoms with Gasteiger partial charge in [0.2, 0.25) is 0 Å². The summed E-state index contributed by atoms with van der Waals surface area (Å²) in [6.07, 6.45) is 0. The highest BCUT2D eigenvalue weighted by molar-refractivity contribution is 5.99. The highest BCUT2D eigenvalue weighted by Gasteiger charge is 2.10. The van der Waals surface area contributed by atoms with Crippen LogP contribution in [-0.2, 0) is 9.53 Å². The van der Waals surface area contributed by atoms with Crippen molar-refractivity contribution in [1.29, 1.82) is 0 Å². The molecule has 1 aromatic carbocycles. The molecule has 90 valence electrons. The molecule has 0 spiro atoms. The first-order chi connectivity index (χ1) is 8.04. The van der Waals surface area contributed by atoms with Crippen LogP contribution in [0.5, 0.6) is 5.75 Å². The number of carbonyl (C=O) groups is 2. The Morgan fingerprint density at radius 3 is 2.29 bits per heavy atom. The maximum Gasteiger partial charge on any atom is 0.333 e. The highest BCUT2D eigenvalue weighted by atomic mass is 16.5. The first kappa shape index (κ1) is 13.0. The van der Waals surface area contributed by atoms with E-state index in [9.17, 15) is 9.59 Å². The molecular weight excluding hydrogens is 220 g/mol. The second-order valence-corrected chi connectivity index (χ2v) is 3.51. The fourth-order valence-electron chi connectivity index (χ4n) is 1.11. The lowest BCUT2D eigenvalue weighted by Gasteiger charge is -2.04. The molecule has 1 aromatic rings. The summed E-state index contributed by atoms with van der Waals surface area (Å²) >= 11 is 0. The van der Waals surface area contributed by atoms with Gasteiger partial charge < -0.3 is 9.47 Å². The van der Waals surface area contributed by atoms with Gasteiger partial charge in [-0.05, 0) is 31.2 Å². The SMILES string of the molecule is C=C(C)C(=O)OCC(=O)c1ccc(OC)cc1. The topological polar surface area (TPSA) is 52.6 Å². The number of ether oxygens (including phenoxy) is 2. The zero-order valence-corrected chi connectivity index (χ0v) is 9.86. The number of Topliss-reactive ketones (excluding diaryl/α,β-unsaturated/α-hetero) is 1. The second kappa shape index (κ2) is 5.84. The molecule has 0 radical (unpaired) electrons. The van der Waals surface area contributed by atoms with E-state index in [1.54, 1.807) is 31.4 Å². The highest BCUT2D eigenvalue weighted by Crippen LogP contribution is 2.11. The summed E-state index contributed by atoms with van der Waals surface area (Å²) in [6, 6.07) is 6.59. The summed E-state index contributed by atoms with van der Waals surface area (Å²) in [4.78, 5) is 22.7. The van der Waals surface area contributed by atoms with Gasteiger partial charge in [-0.25, -0.2) is 4.79 Å². The van der Waals surface area contributed by atoms with Crippen molar-refractivity contribution in [3.63, 3.8) is 0 Å². The summed E-state index contributed by atoms with van der Waals surface area (Å²) in [6.45, 7) is 4.67. The molecule has 0 amide bonds. The molecule has 0 saturated heterocycles. The lowest BCUT2D eigenvalue weighted by molar-refractivity contribution is -0.137. The molecule has 0 heterocycles. The molecule has 4 heteroatoms. The van der Waals surface area contributed by atoms with Gasteiger partial charge in [-0.1, -0.05) is 6.58 Å². The molecule has 1 rings (SSSR count). The van der Waals surface area contributed by atoms with Gasteiger partial charge in [-0.3, -0.25) is 4.79 Å². The van der Waals surface area contributed by atoms with E-state index < -0.39 is 5.97 Å². The molecule has 0 aliphatic heterocycles. The summed E-state index contributed by atoms with van der Waals surface area (Å²) in [7, 11) is 1.55. The molecule has 0 aliphatic carbocycles. The van der Waals surface area contributed by atoms with E-state index >= 15 is 0 Å². The summed E-state index contributed by atoms with van der Waals surface area (Å²) in [5.74, 6) is -0.158. The maximum absolute atomic E-state index is 11.6. The molecule has 0 unspecified atom stereocenters. The van der Waals surface area contributed by atoms with Crippen molar-refractivity contribution >= 4 is 11.8 Å². The van der Waals surface area contributed by atoms with Gasteiger partial charge in [0.25, 0.3) is 0 Å². The van der Waals surface area contributed by atoms with Crippen molar-refractivity contribution in [3.8, 4) is 5.75 Å². The van der Waals surface area contributed by atoms with Crippen LogP contribution in [0.1, 0.15) is 17.3 Å². The normalized spacial score (nSPS) is 9.53. The fourth-order valence-corrected chi connectivity index (χ4v) is 1.11. The molecular formula is C13H14O4. The Morgan fingerprint density at radius 1 is 1.24 bits per heavy atom. The minimum absolute atomic E-state index is 0.262. The monoisotopic (exact) mass is 234 g/mol. The molecule has 4 nitrogen and oxygen atoms in total. The van der Waals surface area contributed by atoms with E-state index in [-0.39, 0.29) is 18.0 Å². The Morgan fingerprint density at radius 2 is 1.82 bits per heavy atom. The number of carbonyl (C=O) groups excluding carboxylic acids is 2. The van der Waals surface area contributed by atoms with E-state index in [2.05, 4.69) is 6.58 Å². The van der Waals surface area contributed by atoms with Gasteiger partial charge in [0, 0.05) is 11.1 Å². The Balaban J connectivity index is 2.58. The van der Waals surface area contributed by atoms with E-state index in [1.807, 2.05) is 0 Å². The Bertz CT molecular complexity index is 431. The number of esters is 1. The Kier molecular flexibility index (Phi) is 4.46. The summed E-state index contributed by atoms with van der Waals surface area (Å²) in [5.41, 5.74) is 0.743. The predicted molar refractivity (Wildman–Crippen MR) is 63.1 cm³/mol. The molecule has 0 fully saturated rings. The van der Waals surface area contributed by atoms with E-state index in [4.69, 9.17) is 9.47 Å². The van der Waals surface area contributed by atoms with Gasteiger partial charge in [0.15, 0.2) is 12.4 Å². The van der Waals surface area contributed by atoms with Gasteiger partial charge in [0.05, 0.1) is 7.11 Å². The minimum atomic E-state index is -0.563. The van der Waals surface area contributed by atoms with Crippen LogP contribution in [0.2, 0.25) is 0 Å². The van der Waals surface area contributed by atoms with Crippen LogP contribution in [0.3, 0.4) is 0 Å². The number of hydrogen-bond acceptors (Lipinski definition) is 4. The minimum Gasteiger partial charge on any atom is -0.497 e. The molecule has 0 atom stereocenters. The van der Waals surface area contributed by atoms with Crippen LogP contribution in [-0.4, -0.2) is 25.5 Å². The van der Waals surface area contributed by atoms with Crippen molar-refractivity contribution in [1.82, 2.24) is 0 Å². The van der Waals surface area contributed by atoms with Crippen LogP contribution < -0.4 is 4.74 Å². The number of rotatable bonds is 5. The Labute approximate surface area is 99.8 Å². The lowest BCUT2D eigenvalue weighted by atomic mass is 10.1. The van der Waals surface area contributed by atoms with Crippen LogP contribution in [0.4, 0.5) is 0 Å². The van der Waals surface area contributed by atoms with Crippen LogP contribution >= 0.6 is 0 Å². The smallest absolute Gasteiger partial charge is 0.333 e. The number of hydrogen-bond donors (Lipinski definition) is 0. The maximum atomic E-state index is 11.6. The molecule has 0 saturated carbocycles. The zero-order valence-electron chi connectivity index (χ0n) is 9.86. The van der Waals surface area contributed by atoms with Crippen molar-refractivity contribution in [2.24, 2.45) is 0 Å². The molecule has 0 aromatic heterocycles. The standard InChI is InChI=1S/C13H14O4/c1-9(2)13(15)17-8-12(14)10-4-6-11(16-3)7-5-10/h4-7H,1,8H2,2-3H3. The van der Waals surface area contributed by atoms with Crippen molar-refractivity contribution < 1.29 is 19.1 Å². The number of ketones is 1. The van der Waals surface area contributed by atoms with Crippen molar-refractivity contribution in [2.45, 2.75) is 6.92 Å². The van der Waals surface area contributed by atoms with Crippen LogP contribution in [0.25, 0.3) is 0 Å². The van der Waals surface area contributed by atoms with Crippen molar-refractivity contribution in [3.05, 3.63) is 42.0 Å². The largest absolute Gasteiger partial charge is 0.497 e. The quantitative estimate of drug-likeness (QED) is 0.444. The number of methoxy groups -OCH3 is 1. The zero-order chi connectivity index (χ0) is 12.8. The third kappa shape index (κ3) is 3.75. The molecule has 0 aliphatic rings. The lowest BCUT2D eigenvalue weighted by Crippen LogP contribution is -2.14. The third-order valence-electron chi connectivity index (χ3n) is 2.09. The van der Waals surface area contributed by atoms with E-state index in [1.165, 1.54) is 6.92 Å². The van der Waals surface area contributed by atoms with Gasteiger partial charge in [-0.15, -0.1) is 0 Å². The van der Waals surface area contributed by atoms with Crippen LogP contribution in [0, 0.1) is 0 Å². The Hall–Kier alpha value is -2.10. The molecule has 17 heavy (non-hydrogen) atoms. The van der Waals surface area contributed by atoms with Gasteiger partial charge >= 0.3 is 5.97 Å². The molecule has 0 N–H and O–H groups in total. The molecule has 0 bridgehead atoms. The number of benzene rings is 1. The third-order valence-corrected chi connectivity index (χ3v) is 2.09.